The minimum absolute atomic E-state index is 0.0958. The fourth-order valence-electron chi connectivity index (χ4n) is 2.30. The van der Waals surface area contributed by atoms with E-state index in [0.29, 0.717) is 23.7 Å². The van der Waals surface area contributed by atoms with Crippen LogP contribution >= 0.6 is 0 Å². The highest BCUT2D eigenvalue weighted by Gasteiger charge is 2.20. The van der Waals surface area contributed by atoms with Gasteiger partial charge in [-0.1, -0.05) is 12.1 Å². The SMILES string of the molecule is CN(CC(=O)c1ccc(C#N)cc1)C1CCOCC1. The topological polar surface area (TPSA) is 53.3 Å². The van der Waals surface area contributed by atoms with Gasteiger partial charge in [0.2, 0.25) is 0 Å². The molecule has 19 heavy (non-hydrogen) atoms. The lowest BCUT2D eigenvalue weighted by Crippen LogP contribution is -2.39. The van der Waals surface area contributed by atoms with Crippen LogP contribution in [0.3, 0.4) is 0 Å². The van der Waals surface area contributed by atoms with Crippen molar-refractivity contribution in [3.05, 3.63) is 35.4 Å². The van der Waals surface area contributed by atoms with Gasteiger partial charge in [0, 0.05) is 24.8 Å². The predicted octanol–water partition coefficient (Wildman–Crippen LogP) is 1.85. The molecule has 1 saturated heterocycles. The third kappa shape index (κ3) is 3.63. The molecule has 0 unspecified atom stereocenters. The smallest absolute Gasteiger partial charge is 0.176 e. The monoisotopic (exact) mass is 258 g/mol. The van der Waals surface area contributed by atoms with Crippen molar-refractivity contribution in [2.75, 3.05) is 26.8 Å². The molecular weight excluding hydrogens is 240 g/mol. The zero-order valence-electron chi connectivity index (χ0n) is 11.1. The summed E-state index contributed by atoms with van der Waals surface area (Å²) < 4.78 is 5.32. The molecule has 2 rings (SSSR count). The third-order valence-electron chi connectivity index (χ3n) is 3.54. The molecule has 0 radical (unpaired) electrons. The van der Waals surface area contributed by atoms with Gasteiger partial charge in [-0.3, -0.25) is 9.69 Å². The van der Waals surface area contributed by atoms with E-state index in [1.807, 2.05) is 13.1 Å². The first kappa shape index (κ1) is 13.7. The molecule has 100 valence electrons. The van der Waals surface area contributed by atoms with Gasteiger partial charge in [0.1, 0.15) is 0 Å². The molecule has 4 heteroatoms. The largest absolute Gasteiger partial charge is 0.381 e. The van der Waals surface area contributed by atoms with E-state index in [9.17, 15) is 4.79 Å². The van der Waals surface area contributed by atoms with Crippen LogP contribution in [0, 0.1) is 11.3 Å². The van der Waals surface area contributed by atoms with Gasteiger partial charge in [-0.2, -0.15) is 5.26 Å². The van der Waals surface area contributed by atoms with E-state index in [0.717, 1.165) is 26.1 Å². The van der Waals surface area contributed by atoms with Crippen molar-refractivity contribution in [2.24, 2.45) is 0 Å². The summed E-state index contributed by atoms with van der Waals surface area (Å²) in [5, 5.41) is 8.73. The number of likely N-dealkylation sites (N-methyl/N-ethyl adjacent to an activating group) is 1. The second-order valence-corrected chi connectivity index (χ2v) is 4.87. The summed E-state index contributed by atoms with van der Waals surface area (Å²) in [7, 11) is 1.98. The van der Waals surface area contributed by atoms with E-state index in [1.165, 1.54) is 0 Å². The lowest BCUT2D eigenvalue weighted by atomic mass is 10.1. The average Bonchev–Trinajstić information content (AvgIpc) is 2.48. The van der Waals surface area contributed by atoms with Gasteiger partial charge in [0.05, 0.1) is 18.2 Å². The van der Waals surface area contributed by atoms with E-state index in [1.54, 1.807) is 24.3 Å². The van der Waals surface area contributed by atoms with E-state index in [4.69, 9.17) is 10.00 Å². The molecule has 1 heterocycles. The highest BCUT2D eigenvalue weighted by Crippen LogP contribution is 2.13. The quantitative estimate of drug-likeness (QED) is 0.773. The van der Waals surface area contributed by atoms with Crippen molar-refractivity contribution in [1.82, 2.24) is 4.90 Å². The van der Waals surface area contributed by atoms with Gasteiger partial charge in [0.15, 0.2) is 5.78 Å². The van der Waals surface area contributed by atoms with Crippen molar-refractivity contribution in [3.8, 4) is 6.07 Å². The first-order valence-electron chi connectivity index (χ1n) is 6.52. The maximum atomic E-state index is 12.1. The molecule has 0 aromatic heterocycles. The standard InChI is InChI=1S/C15H18N2O2/c1-17(14-6-8-19-9-7-14)11-15(18)13-4-2-12(10-16)3-5-13/h2-5,14H,6-9,11H2,1H3. The number of rotatable bonds is 4. The molecule has 1 fully saturated rings. The molecule has 0 saturated carbocycles. The Kier molecular flexibility index (Phi) is 4.67. The summed E-state index contributed by atoms with van der Waals surface area (Å²) in [6.45, 7) is 1.97. The van der Waals surface area contributed by atoms with Crippen LogP contribution in [0.25, 0.3) is 0 Å². The van der Waals surface area contributed by atoms with Crippen LogP contribution in [0.2, 0.25) is 0 Å². The molecule has 1 aromatic rings. The summed E-state index contributed by atoms with van der Waals surface area (Å²) >= 11 is 0. The Morgan fingerprint density at radius 2 is 2.00 bits per heavy atom. The van der Waals surface area contributed by atoms with Gasteiger partial charge in [-0.25, -0.2) is 0 Å². The molecule has 0 atom stereocenters. The second-order valence-electron chi connectivity index (χ2n) is 4.87. The zero-order chi connectivity index (χ0) is 13.7. The molecule has 1 aromatic carbocycles. The molecular formula is C15H18N2O2. The molecule has 4 nitrogen and oxygen atoms in total. The number of nitrogens with zero attached hydrogens (tertiary/aromatic N) is 2. The van der Waals surface area contributed by atoms with Crippen LogP contribution < -0.4 is 0 Å². The van der Waals surface area contributed by atoms with E-state index in [2.05, 4.69) is 4.90 Å². The molecule has 0 spiro atoms. The normalized spacial score (nSPS) is 16.3. The second kappa shape index (κ2) is 6.46. The first-order chi connectivity index (χ1) is 9.20. The van der Waals surface area contributed by atoms with Gasteiger partial charge in [-0.05, 0) is 32.0 Å². The van der Waals surface area contributed by atoms with Crippen LogP contribution in [-0.4, -0.2) is 43.5 Å². The number of benzene rings is 1. The lowest BCUT2D eigenvalue weighted by Gasteiger charge is -2.30. The third-order valence-corrected chi connectivity index (χ3v) is 3.54. The molecule has 1 aliphatic rings. The number of ketones is 1. The number of ether oxygens (including phenoxy) is 1. The summed E-state index contributed by atoms with van der Waals surface area (Å²) in [6.07, 6.45) is 1.97. The van der Waals surface area contributed by atoms with Crippen molar-refractivity contribution in [1.29, 1.82) is 5.26 Å². The van der Waals surface area contributed by atoms with Crippen LogP contribution in [0.15, 0.2) is 24.3 Å². The van der Waals surface area contributed by atoms with Gasteiger partial charge >= 0.3 is 0 Å². The van der Waals surface area contributed by atoms with Gasteiger partial charge < -0.3 is 4.74 Å². The molecule has 0 amide bonds. The fraction of sp³-hybridized carbons (Fsp3) is 0.467. The van der Waals surface area contributed by atoms with E-state index >= 15 is 0 Å². The lowest BCUT2D eigenvalue weighted by molar-refractivity contribution is 0.0418. The summed E-state index contributed by atoms with van der Waals surface area (Å²) in [5.74, 6) is 0.0958. The van der Waals surface area contributed by atoms with Crippen molar-refractivity contribution >= 4 is 5.78 Å². The maximum absolute atomic E-state index is 12.1. The predicted molar refractivity (Wildman–Crippen MR) is 72.0 cm³/mol. The Labute approximate surface area is 113 Å². The number of carbonyl (C=O) groups excluding carboxylic acids is 1. The highest BCUT2D eigenvalue weighted by molar-refractivity contribution is 5.97. The van der Waals surface area contributed by atoms with Crippen molar-refractivity contribution in [3.63, 3.8) is 0 Å². The summed E-state index contributed by atoms with van der Waals surface area (Å²) in [4.78, 5) is 14.2. The van der Waals surface area contributed by atoms with Crippen molar-refractivity contribution in [2.45, 2.75) is 18.9 Å². The number of carbonyl (C=O) groups is 1. The molecule has 0 bridgehead atoms. The Hall–Kier alpha value is -1.70. The number of hydrogen-bond donors (Lipinski definition) is 0. The molecule has 0 N–H and O–H groups in total. The van der Waals surface area contributed by atoms with Crippen LogP contribution in [0.1, 0.15) is 28.8 Å². The molecule has 1 aliphatic heterocycles. The fourth-order valence-corrected chi connectivity index (χ4v) is 2.30. The minimum Gasteiger partial charge on any atom is -0.381 e. The van der Waals surface area contributed by atoms with E-state index in [-0.39, 0.29) is 5.78 Å². The number of nitriles is 1. The zero-order valence-corrected chi connectivity index (χ0v) is 11.1. The van der Waals surface area contributed by atoms with Crippen molar-refractivity contribution < 1.29 is 9.53 Å². The Morgan fingerprint density at radius 1 is 1.37 bits per heavy atom. The Balaban J connectivity index is 1.94. The minimum atomic E-state index is 0.0958. The summed E-state index contributed by atoms with van der Waals surface area (Å²) in [5.41, 5.74) is 1.24. The molecule has 0 aliphatic carbocycles. The van der Waals surface area contributed by atoms with E-state index < -0.39 is 0 Å². The average molecular weight is 258 g/mol. The van der Waals surface area contributed by atoms with Gasteiger partial charge in [0.25, 0.3) is 0 Å². The number of Topliss-reactive ketones (excluding diaryl/α,β-unsaturated/α-hetero) is 1. The number of hydrogen-bond acceptors (Lipinski definition) is 4. The first-order valence-corrected chi connectivity index (χ1v) is 6.52. The Bertz CT molecular complexity index is 470. The van der Waals surface area contributed by atoms with Gasteiger partial charge in [-0.15, -0.1) is 0 Å². The van der Waals surface area contributed by atoms with Crippen LogP contribution in [-0.2, 0) is 4.74 Å². The van der Waals surface area contributed by atoms with Crippen LogP contribution in [0.5, 0.6) is 0 Å². The maximum Gasteiger partial charge on any atom is 0.176 e. The Morgan fingerprint density at radius 3 is 2.58 bits per heavy atom. The van der Waals surface area contributed by atoms with Crippen LogP contribution in [0.4, 0.5) is 0 Å². The highest BCUT2D eigenvalue weighted by atomic mass is 16.5. The summed E-state index contributed by atoms with van der Waals surface area (Å²) in [6, 6.07) is 9.28.